The molecular formula is C17H22F2N4O2. The van der Waals surface area contributed by atoms with Gasteiger partial charge in [-0.3, -0.25) is 4.68 Å². The zero-order valence-corrected chi connectivity index (χ0v) is 14.5. The van der Waals surface area contributed by atoms with Crippen LogP contribution in [-0.4, -0.2) is 50.8 Å². The maximum Gasteiger partial charge on any atom is 0.339 e. The molecule has 0 aliphatic carbocycles. The number of halogens is 2. The number of carbonyl (C=O) groups is 1. The van der Waals surface area contributed by atoms with Gasteiger partial charge in [-0.1, -0.05) is 13.0 Å². The van der Waals surface area contributed by atoms with E-state index < -0.39 is 17.8 Å². The predicted molar refractivity (Wildman–Crippen MR) is 88.4 cm³/mol. The molecule has 0 radical (unpaired) electrons. The average Bonchev–Trinajstić information content (AvgIpc) is 3.01. The first-order chi connectivity index (χ1) is 11.7. The molecule has 3 rings (SSSR count). The summed E-state index contributed by atoms with van der Waals surface area (Å²) in [5.74, 6) is -3.64. The second-order valence-electron chi connectivity index (χ2n) is 6.83. The van der Waals surface area contributed by atoms with Gasteiger partial charge in [0.2, 0.25) is 0 Å². The molecule has 0 amide bonds. The summed E-state index contributed by atoms with van der Waals surface area (Å²) < 4.78 is 29.1. The minimum absolute atomic E-state index is 0.0534. The molecule has 136 valence electrons. The molecule has 0 aromatic carbocycles. The van der Waals surface area contributed by atoms with Crippen molar-refractivity contribution in [3.05, 3.63) is 41.0 Å². The number of carboxylic acids is 1. The SMILES string of the molecule is Cc1nn(CC2=CC=C(N3CC(C)C(F)(F)C3)NC2C)cc1C(=O)O. The Bertz CT molecular complexity index is 754. The van der Waals surface area contributed by atoms with Gasteiger partial charge in [0.25, 0.3) is 5.92 Å². The molecule has 2 N–H and O–H groups in total. The van der Waals surface area contributed by atoms with Crippen molar-refractivity contribution in [1.82, 2.24) is 20.0 Å². The molecule has 25 heavy (non-hydrogen) atoms. The van der Waals surface area contributed by atoms with E-state index in [-0.39, 0.29) is 18.2 Å². The second-order valence-corrected chi connectivity index (χ2v) is 6.83. The number of aromatic carboxylic acids is 1. The van der Waals surface area contributed by atoms with E-state index in [0.29, 0.717) is 24.6 Å². The smallest absolute Gasteiger partial charge is 0.339 e. The van der Waals surface area contributed by atoms with Crippen LogP contribution < -0.4 is 5.32 Å². The molecule has 0 spiro atoms. The molecule has 2 unspecified atom stereocenters. The molecule has 3 heterocycles. The molecule has 6 nitrogen and oxygen atoms in total. The lowest BCUT2D eigenvalue weighted by Gasteiger charge is -2.30. The van der Waals surface area contributed by atoms with Gasteiger partial charge in [0.1, 0.15) is 11.4 Å². The van der Waals surface area contributed by atoms with Gasteiger partial charge in [-0.2, -0.15) is 5.10 Å². The Kier molecular flexibility index (Phi) is 4.30. The van der Waals surface area contributed by atoms with Crippen molar-refractivity contribution in [2.24, 2.45) is 5.92 Å². The number of hydrogen-bond donors (Lipinski definition) is 2. The van der Waals surface area contributed by atoms with Crippen LogP contribution in [0.4, 0.5) is 8.78 Å². The molecule has 8 heteroatoms. The van der Waals surface area contributed by atoms with Crippen molar-refractivity contribution in [3.63, 3.8) is 0 Å². The van der Waals surface area contributed by atoms with Crippen molar-refractivity contribution in [1.29, 1.82) is 0 Å². The summed E-state index contributed by atoms with van der Waals surface area (Å²) in [6.45, 7) is 5.66. The van der Waals surface area contributed by atoms with E-state index in [1.54, 1.807) is 29.5 Å². The highest BCUT2D eigenvalue weighted by Gasteiger charge is 2.46. The Balaban J connectivity index is 1.74. The van der Waals surface area contributed by atoms with Gasteiger partial charge < -0.3 is 15.3 Å². The van der Waals surface area contributed by atoms with Crippen LogP contribution in [-0.2, 0) is 6.54 Å². The predicted octanol–water partition coefficient (Wildman–Crippen LogP) is 2.24. The summed E-state index contributed by atoms with van der Waals surface area (Å²) in [4.78, 5) is 12.8. The van der Waals surface area contributed by atoms with E-state index in [9.17, 15) is 13.6 Å². The summed E-state index contributed by atoms with van der Waals surface area (Å²) in [5.41, 5.74) is 1.65. The largest absolute Gasteiger partial charge is 0.478 e. The standard InChI is InChI=1S/C17H22F2N4O2/c1-10-6-22(9-17(10,18)19)15-5-4-13(11(2)20-15)7-23-8-14(16(24)25)12(3)21-23/h4-5,8,10-11,20H,6-7,9H2,1-3H3,(H,24,25). The normalized spacial score (nSPS) is 25.4. The highest BCUT2D eigenvalue weighted by molar-refractivity contribution is 5.88. The summed E-state index contributed by atoms with van der Waals surface area (Å²) in [5, 5.41) is 16.6. The lowest BCUT2D eigenvalue weighted by Crippen LogP contribution is -2.39. The lowest BCUT2D eigenvalue weighted by molar-refractivity contribution is -0.0197. The van der Waals surface area contributed by atoms with E-state index >= 15 is 0 Å². The van der Waals surface area contributed by atoms with Crippen LogP contribution in [0.25, 0.3) is 0 Å². The van der Waals surface area contributed by atoms with Gasteiger partial charge in [-0.05, 0) is 25.5 Å². The van der Waals surface area contributed by atoms with Crippen LogP contribution in [0.5, 0.6) is 0 Å². The molecule has 0 saturated carbocycles. The molecule has 2 aliphatic heterocycles. The Morgan fingerprint density at radius 3 is 2.68 bits per heavy atom. The van der Waals surface area contributed by atoms with Crippen molar-refractivity contribution < 1.29 is 18.7 Å². The minimum Gasteiger partial charge on any atom is -0.478 e. The van der Waals surface area contributed by atoms with E-state index in [1.807, 2.05) is 13.0 Å². The van der Waals surface area contributed by atoms with Gasteiger partial charge in [0.05, 0.1) is 18.8 Å². The highest BCUT2D eigenvalue weighted by atomic mass is 19.3. The monoisotopic (exact) mass is 352 g/mol. The van der Waals surface area contributed by atoms with Crippen LogP contribution in [0.15, 0.2) is 29.7 Å². The molecule has 2 aliphatic rings. The molecule has 1 saturated heterocycles. The minimum atomic E-state index is -2.67. The Labute approximate surface area is 144 Å². The van der Waals surface area contributed by atoms with Crippen molar-refractivity contribution in [2.45, 2.75) is 39.3 Å². The van der Waals surface area contributed by atoms with Crippen LogP contribution in [0.1, 0.15) is 29.9 Å². The van der Waals surface area contributed by atoms with E-state index in [2.05, 4.69) is 10.4 Å². The summed E-state index contributed by atoms with van der Waals surface area (Å²) in [7, 11) is 0. The first-order valence-corrected chi connectivity index (χ1v) is 8.25. The van der Waals surface area contributed by atoms with Gasteiger partial charge in [0.15, 0.2) is 0 Å². The van der Waals surface area contributed by atoms with Crippen LogP contribution in [0, 0.1) is 12.8 Å². The number of likely N-dealkylation sites (tertiary alicyclic amines) is 1. The van der Waals surface area contributed by atoms with E-state index in [1.165, 1.54) is 6.20 Å². The molecule has 1 aromatic heterocycles. The Morgan fingerprint density at radius 1 is 1.44 bits per heavy atom. The van der Waals surface area contributed by atoms with Crippen molar-refractivity contribution in [3.8, 4) is 0 Å². The van der Waals surface area contributed by atoms with Gasteiger partial charge in [0, 0.05) is 24.7 Å². The number of allylic oxidation sites excluding steroid dienone is 2. The number of nitrogens with zero attached hydrogens (tertiary/aromatic N) is 3. The first-order valence-electron chi connectivity index (χ1n) is 8.25. The molecule has 2 atom stereocenters. The number of hydrogen-bond acceptors (Lipinski definition) is 4. The fourth-order valence-corrected chi connectivity index (χ4v) is 3.20. The third-order valence-electron chi connectivity index (χ3n) is 4.85. The number of alkyl halides is 2. The van der Waals surface area contributed by atoms with E-state index in [0.717, 1.165) is 5.57 Å². The van der Waals surface area contributed by atoms with Gasteiger partial charge in [-0.15, -0.1) is 0 Å². The molecular weight excluding hydrogens is 330 g/mol. The van der Waals surface area contributed by atoms with Crippen LogP contribution in [0.2, 0.25) is 0 Å². The number of carboxylic acid groups (broad SMARTS) is 1. The molecule has 0 bridgehead atoms. The number of aromatic nitrogens is 2. The Morgan fingerprint density at radius 2 is 2.16 bits per heavy atom. The summed E-state index contributed by atoms with van der Waals surface area (Å²) in [6, 6.07) is -0.0534. The zero-order valence-electron chi connectivity index (χ0n) is 14.5. The third kappa shape index (κ3) is 3.38. The van der Waals surface area contributed by atoms with Crippen molar-refractivity contribution >= 4 is 5.97 Å². The molecule has 1 fully saturated rings. The first kappa shape index (κ1) is 17.4. The fraction of sp³-hybridized carbons (Fsp3) is 0.529. The van der Waals surface area contributed by atoms with Gasteiger partial charge >= 0.3 is 5.97 Å². The topological polar surface area (TPSA) is 70.4 Å². The quantitative estimate of drug-likeness (QED) is 0.870. The fourth-order valence-electron chi connectivity index (χ4n) is 3.20. The van der Waals surface area contributed by atoms with Crippen LogP contribution in [0.3, 0.4) is 0 Å². The van der Waals surface area contributed by atoms with Gasteiger partial charge in [-0.25, -0.2) is 13.6 Å². The van der Waals surface area contributed by atoms with Crippen molar-refractivity contribution in [2.75, 3.05) is 13.1 Å². The number of dihydropyridines is 1. The zero-order chi connectivity index (χ0) is 18.4. The third-order valence-corrected chi connectivity index (χ3v) is 4.85. The maximum absolute atomic E-state index is 13.7. The number of nitrogens with one attached hydrogen (secondary N) is 1. The number of aryl methyl sites for hydroxylation is 1. The second kappa shape index (κ2) is 6.16. The maximum atomic E-state index is 13.7. The van der Waals surface area contributed by atoms with Crippen LogP contribution >= 0.6 is 0 Å². The lowest BCUT2D eigenvalue weighted by atomic mass is 10.1. The molecule has 1 aromatic rings. The highest BCUT2D eigenvalue weighted by Crippen LogP contribution is 2.34. The average molecular weight is 352 g/mol. The summed E-state index contributed by atoms with van der Waals surface area (Å²) >= 11 is 0. The summed E-state index contributed by atoms with van der Waals surface area (Å²) in [6.07, 6.45) is 5.21. The van der Waals surface area contributed by atoms with E-state index in [4.69, 9.17) is 5.11 Å². The number of rotatable bonds is 4. The Hall–Kier alpha value is -2.38.